The summed E-state index contributed by atoms with van der Waals surface area (Å²) in [5.41, 5.74) is -1.55. The molecule has 6 nitrogen and oxygen atoms in total. The van der Waals surface area contributed by atoms with Gasteiger partial charge in [-0.05, 0) is 40.5 Å². The molecule has 0 aliphatic heterocycles. The number of amides is 1. The van der Waals surface area contributed by atoms with Crippen LogP contribution in [-0.2, 0) is 14.3 Å². The Morgan fingerprint density at radius 1 is 1.42 bits per heavy atom. The number of nitrogens with zero attached hydrogens (tertiary/aromatic N) is 1. The molecule has 1 aliphatic rings. The van der Waals surface area contributed by atoms with Crippen LogP contribution in [0.15, 0.2) is 0 Å². The van der Waals surface area contributed by atoms with E-state index in [0.717, 1.165) is 0 Å². The molecule has 0 aromatic rings. The molecule has 0 aromatic carbocycles. The number of hydrogen-bond acceptors (Lipinski definition) is 5. The first-order valence-electron chi connectivity index (χ1n) is 6.31. The van der Waals surface area contributed by atoms with Gasteiger partial charge in [-0.2, -0.15) is 5.26 Å². The Balaban J connectivity index is 2.67. The van der Waals surface area contributed by atoms with Gasteiger partial charge in [-0.1, -0.05) is 0 Å². The lowest BCUT2D eigenvalue weighted by Crippen LogP contribution is -2.46. The minimum Gasteiger partial charge on any atom is -0.465 e. The lowest BCUT2D eigenvalue weighted by atomic mass is 9.98. The molecule has 1 unspecified atom stereocenters. The van der Waals surface area contributed by atoms with E-state index in [9.17, 15) is 9.59 Å². The van der Waals surface area contributed by atoms with E-state index in [2.05, 4.69) is 5.32 Å². The first kappa shape index (κ1) is 15.3. The van der Waals surface area contributed by atoms with E-state index < -0.39 is 29.1 Å². The molecule has 1 N–H and O–H groups in total. The molecule has 0 saturated heterocycles. The van der Waals surface area contributed by atoms with E-state index in [4.69, 9.17) is 14.7 Å². The number of nitrogens with one attached hydrogen (secondary N) is 1. The predicted molar refractivity (Wildman–Crippen MR) is 67.1 cm³/mol. The molecule has 6 heteroatoms. The van der Waals surface area contributed by atoms with Crippen molar-refractivity contribution < 1.29 is 19.1 Å². The van der Waals surface area contributed by atoms with Gasteiger partial charge in [0, 0.05) is 0 Å². The normalized spacial score (nSPS) is 17.8. The molecule has 0 aromatic heterocycles. The second kappa shape index (κ2) is 5.47. The number of ether oxygens (including phenoxy) is 2. The van der Waals surface area contributed by atoms with E-state index in [1.807, 2.05) is 6.07 Å². The molecule has 1 atom stereocenters. The summed E-state index contributed by atoms with van der Waals surface area (Å²) in [6.07, 6.45) is 0.384. The molecule has 1 amide bonds. The van der Waals surface area contributed by atoms with E-state index in [1.54, 1.807) is 27.7 Å². The second-order valence-corrected chi connectivity index (χ2v) is 5.58. The lowest BCUT2D eigenvalue weighted by Gasteiger charge is -2.24. The van der Waals surface area contributed by atoms with E-state index in [0.29, 0.717) is 12.8 Å². The van der Waals surface area contributed by atoms with Gasteiger partial charge in [0.1, 0.15) is 17.1 Å². The van der Waals surface area contributed by atoms with Gasteiger partial charge in [0.15, 0.2) is 0 Å². The maximum absolute atomic E-state index is 11.8. The minimum atomic E-state index is -0.915. The van der Waals surface area contributed by atoms with Crippen molar-refractivity contribution in [3.05, 3.63) is 0 Å². The SMILES string of the molecule is CCOC(=O)C1(C(C#N)NC(=O)OC(C)(C)C)CC1. The first-order valence-corrected chi connectivity index (χ1v) is 6.31. The monoisotopic (exact) mass is 268 g/mol. The summed E-state index contributed by atoms with van der Waals surface area (Å²) in [4.78, 5) is 23.5. The van der Waals surface area contributed by atoms with Crippen LogP contribution in [0.3, 0.4) is 0 Å². The van der Waals surface area contributed by atoms with Crippen molar-refractivity contribution in [3.8, 4) is 6.07 Å². The van der Waals surface area contributed by atoms with E-state index in [-0.39, 0.29) is 6.61 Å². The van der Waals surface area contributed by atoms with Crippen LogP contribution in [0.5, 0.6) is 0 Å². The molecule has 1 saturated carbocycles. The highest BCUT2D eigenvalue weighted by Gasteiger charge is 2.58. The highest BCUT2D eigenvalue weighted by molar-refractivity contribution is 5.83. The zero-order valence-electron chi connectivity index (χ0n) is 11.8. The fourth-order valence-corrected chi connectivity index (χ4v) is 1.74. The van der Waals surface area contributed by atoms with Crippen LogP contribution in [-0.4, -0.2) is 30.3 Å². The third kappa shape index (κ3) is 3.85. The maximum atomic E-state index is 11.8. The molecular weight excluding hydrogens is 248 g/mol. The summed E-state index contributed by atoms with van der Waals surface area (Å²) in [5.74, 6) is -0.433. The van der Waals surface area contributed by atoms with E-state index >= 15 is 0 Å². The summed E-state index contributed by atoms with van der Waals surface area (Å²) in [7, 11) is 0. The summed E-state index contributed by atoms with van der Waals surface area (Å²) in [6.45, 7) is 7.15. The van der Waals surface area contributed by atoms with Crippen molar-refractivity contribution in [1.29, 1.82) is 5.26 Å². The number of carbonyl (C=O) groups is 2. The van der Waals surface area contributed by atoms with Gasteiger partial charge in [0.25, 0.3) is 0 Å². The van der Waals surface area contributed by atoms with Crippen molar-refractivity contribution in [1.82, 2.24) is 5.32 Å². The highest BCUT2D eigenvalue weighted by atomic mass is 16.6. The number of alkyl carbamates (subject to hydrolysis) is 1. The van der Waals surface area contributed by atoms with Crippen LogP contribution in [0.2, 0.25) is 0 Å². The molecule has 0 heterocycles. The van der Waals surface area contributed by atoms with Crippen LogP contribution in [0.4, 0.5) is 4.79 Å². The third-order valence-electron chi connectivity index (χ3n) is 2.81. The fourth-order valence-electron chi connectivity index (χ4n) is 1.74. The fraction of sp³-hybridized carbons (Fsp3) is 0.769. The number of rotatable bonds is 4. The summed E-state index contributed by atoms with van der Waals surface area (Å²) >= 11 is 0. The van der Waals surface area contributed by atoms with Crippen molar-refractivity contribution in [2.24, 2.45) is 5.41 Å². The first-order chi connectivity index (χ1) is 8.75. The van der Waals surface area contributed by atoms with Gasteiger partial charge in [0.2, 0.25) is 0 Å². The van der Waals surface area contributed by atoms with E-state index in [1.165, 1.54) is 0 Å². The predicted octanol–water partition coefficient (Wildman–Crippen LogP) is 1.75. The molecule has 0 spiro atoms. The molecule has 0 bridgehead atoms. The Morgan fingerprint density at radius 2 is 2.00 bits per heavy atom. The standard InChI is InChI=1S/C13H20N2O4/c1-5-18-10(16)13(6-7-13)9(8-14)15-11(17)19-12(2,3)4/h9H,5-7H2,1-4H3,(H,15,17). The maximum Gasteiger partial charge on any atom is 0.408 e. The quantitative estimate of drug-likeness (QED) is 0.785. The molecule has 106 valence electrons. The van der Waals surface area contributed by atoms with Crippen LogP contribution < -0.4 is 5.32 Å². The highest BCUT2D eigenvalue weighted by Crippen LogP contribution is 2.49. The van der Waals surface area contributed by atoms with Crippen molar-refractivity contribution in [2.45, 2.75) is 52.2 Å². The largest absolute Gasteiger partial charge is 0.465 e. The van der Waals surface area contributed by atoms with Gasteiger partial charge in [-0.15, -0.1) is 0 Å². The van der Waals surface area contributed by atoms with Gasteiger partial charge >= 0.3 is 12.1 Å². The van der Waals surface area contributed by atoms with Crippen LogP contribution in [0, 0.1) is 16.7 Å². The average Bonchev–Trinajstić information content (AvgIpc) is 3.05. The summed E-state index contributed by atoms with van der Waals surface area (Å²) in [6, 6.07) is 1.03. The Kier molecular flexibility index (Phi) is 4.40. The van der Waals surface area contributed by atoms with Gasteiger partial charge in [0.05, 0.1) is 12.7 Å². The molecule has 19 heavy (non-hydrogen) atoms. The lowest BCUT2D eigenvalue weighted by molar-refractivity contribution is -0.150. The third-order valence-corrected chi connectivity index (χ3v) is 2.81. The Hall–Kier alpha value is -1.77. The molecule has 0 radical (unpaired) electrons. The Morgan fingerprint density at radius 3 is 2.37 bits per heavy atom. The molecule has 1 rings (SSSR count). The van der Waals surface area contributed by atoms with Gasteiger partial charge < -0.3 is 14.8 Å². The van der Waals surface area contributed by atoms with Crippen molar-refractivity contribution >= 4 is 12.1 Å². The van der Waals surface area contributed by atoms with Crippen molar-refractivity contribution in [3.63, 3.8) is 0 Å². The van der Waals surface area contributed by atoms with Gasteiger partial charge in [-0.3, -0.25) is 4.79 Å². The number of esters is 1. The van der Waals surface area contributed by atoms with Crippen molar-refractivity contribution in [2.75, 3.05) is 6.61 Å². The number of hydrogen-bond donors (Lipinski definition) is 1. The smallest absolute Gasteiger partial charge is 0.408 e. The summed E-state index contributed by atoms with van der Waals surface area (Å²) < 4.78 is 10.0. The Bertz CT molecular complexity index is 402. The molecule has 1 fully saturated rings. The van der Waals surface area contributed by atoms with Gasteiger partial charge in [-0.25, -0.2) is 4.79 Å². The molecule has 1 aliphatic carbocycles. The molecular formula is C13H20N2O4. The van der Waals surface area contributed by atoms with Crippen LogP contribution in [0.25, 0.3) is 0 Å². The average molecular weight is 268 g/mol. The number of carbonyl (C=O) groups excluding carboxylic acids is 2. The minimum absolute atomic E-state index is 0.255. The van der Waals surface area contributed by atoms with Crippen LogP contribution in [0.1, 0.15) is 40.5 Å². The second-order valence-electron chi connectivity index (χ2n) is 5.58. The topological polar surface area (TPSA) is 88.4 Å². The Labute approximate surface area is 113 Å². The van der Waals surface area contributed by atoms with Crippen LogP contribution >= 0.6 is 0 Å². The zero-order chi connectivity index (χ0) is 14.7. The number of nitriles is 1. The zero-order valence-corrected chi connectivity index (χ0v) is 11.8. The summed E-state index contributed by atoms with van der Waals surface area (Å²) in [5, 5.41) is 11.6.